The van der Waals surface area contributed by atoms with E-state index >= 15 is 0 Å². The van der Waals surface area contributed by atoms with Crippen molar-refractivity contribution in [1.29, 1.82) is 0 Å². The van der Waals surface area contributed by atoms with Gasteiger partial charge in [0, 0.05) is 19.3 Å². The quantitative estimate of drug-likeness (QED) is 0.0261. The number of esters is 3. The molecule has 81 heavy (non-hydrogen) atoms. The summed E-state index contributed by atoms with van der Waals surface area (Å²) in [6, 6.07) is 0. The van der Waals surface area contributed by atoms with Crippen molar-refractivity contribution in [2.75, 3.05) is 13.2 Å². The van der Waals surface area contributed by atoms with Crippen LogP contribution < -0.4 is 0 Å². The number of rotatable bonds is 68. The maximum Gasteiger partial charge on any atom is 0.306 e. The largest absolute Gasteiger partial charge is 0.462 e. The van der Waals surface area contributed by atoms with Crippen molar-refractivity contribution in [2.24, 2.45) is 0 Å². The smallest absolute Gasteiger partial charge is 0.306 e. The van der Waals surface area contributed by atoms with E-state index in [1.54, 1.807) is 0 Å². The predicted molar refractivity (Wildman–Crippen MR) is 353 cm³/mol. The molecule has 0 aromatic heterocycles. The lowest BCUT2D eigenvalue weighted by Gasteiger charge is -2.18. The second-order valence-electron chi connectivity index (χ2n) is 24.9. The Balaban J connectivity index is 4.04. The van der Waals surface area contributed by atoms with Crippen molar-refractivity contribution >= 4 is 17.9 Å². The molecule has 0 amide bonds. The van der Waals surface area contributed by atoms with E-state index in [9.17, 15) is 14.4 Å². The van der Waals surface area contributed by atoms with Crippen LogP contribution in [0.25, 0.3) is 0 Å². The third kappa shape index (κ3) is 68.3. The molecular weight excluding hydrogens is 997 g/mol. The molecule has 0 radical (unpaired) electrons. The molecule has 0 heterocycles. The van der Waals surface area contributed by atoms with E-state index in [0.29, 0.717) is 19.3 Å². The van der Waals surface area contributed by atoms with Gasteiger partial charge in [0.15, 0.2) is 6.10 Å². The lowest BCUT2D eigenvalue weighted by atomic mass is 10.0. The number of carbonyl (C=O) groups is 3. The van der Waals surface area contributed by atoms with Gasteiger partial charge in [-0.15, -0.1) is 0 Å². The van der Waals surface area contributed by atoms with Crippen LogP contribution in [0, 0.1) is 0 Å². The Morgan fingerprint density at radius 1 is 0.247 bits per heavy atom. The van der Waals surface area contributed by atoms with Gasteiger partial charge in [0.2, 0.25) is 0 Å². The van der Waals surface area contributed by atoms with Gasteiger partial charge >= 0.3 is 17.9 Å². The van der Waals surface area contributed by atoms with Gasteiger partial charge in [0.05, 0.1) is 0 Å². The van der Waals surface area contributed by atoms with Gasteiger partial charge in [-0.1, -0.05) is 365 Å². The zero-order chi connectivity index (χ0) is 58.5. The minimum Gasteiger partial charge on any atom is -0.462 e. The molecule has 0 aliphatic heterocycles. The summed E-state index contributed by atoms with van der Waals surface area (Å²) in [7, 11) is 0. The van der Waals surface area contributed by atoms with Crippen molar-refractivity contribution < 1.29 is 28.6 Å². The molecule has 6 heteroatoms. The first-order chi connectivity index (χ1) is 40.0. The van der Waals surface area contributed by atoms with Crippen molar-refractivity contribution in [3.05, 3.63) is 36.5 Å². The van der Waals surface area contributed by atoms with Crippen LogP contribution in [-0.2, 0) is 28.6 Å². The van der Waals surface area contributed by atoms with Crippen molar-refractivity contribution in [3.8, 4) is 0 Å². The summed E-state index contributed by atoms with van der Waals surface area (Å²) >= 11 is 0. The summed E-state index contributed by atoms with van der Waals surface area (Å²) in [5.41, 5.74) is 0. The Bertz CT molecular complexity index is 1350. The molecule has 0 spiro atoms. The maximum atomic E-state index is 12.9. The zero-order valence-corrected chi connectivity index (χ0v) is 54.8. The molecule has 0 aromatic carbocycles. The first-order valence-electron chi connectivity index (χ1n) is 36.5. The number of hydrogen-bond acceptors (Lipinski definition) is 6. The van der Waals surface area contributed by atoms with Crippen LogP contribution in [0.3, 0.4) is 0 Å². The van der Waals surface area contributed by atoms with E-state index in [2.05, 4.69) is 57.2 Å². The average Bonchev–Trinajstić information content (AvgIpc) is 3.47. The summed E-state index contributed by atoms with van der Waals surface area (Å²) in [5.74, 6) is -0.840. The van der Waals surface area contributed by atoms with Gasteiger partial charge in [-0.3, -0.25) is 14.4 Å². The summed E-state index contributed by atoms with van der Waals surface area (Å²) in [4.78, 5) is 38.3. The molecule has 0 aliphatic rings. The monoisotopic (exact) mass is 1140 g/mol. The Kier molecular flexibility index (Phi) is 68.1. The van der Waals surface area contributed by atoms with Gasteiger partial charge in [-0.05, 0) is 57.8 Å². The summed E-state index contributed by atoms with van der Waals surface area (Å²) in [5, 5.41) is 0. The van der Waals surface area contributed by atoms with E-state index in [0.717, 1.165) is 70.6 Å². The maximum absolute atomic E-state index is 12.9. The first kappa shape index (κ1) is 78.6. The topological polar surface area (TPSA) is 78.9 Å². The Labute approximate surface area is 506 Å². The van der Waals surface area contributed by atoms with Crippen LogP contribution in [0.15, 0.2) is 36.5 Å². The highest BCUT2D eigenvalue weighted by atomic mass is 16.6. The van der Waals surface area contributed by atoms with Crippen LogP contribution in [-0.4, -0.2) is 37.2 Å². The third-order valence-corrected chi connectivity index (χ3v) is 16.6. The third-order valence-electron chi connectivity index (χ3n) is 16.6. The lowest BCUT2D eigenvalue weighted by Crippen LogP contribution is -2.30. The average molecular weight is 1140 g/mol. The summed E-state index contributed by atoms with van der Waals surface area (Å²) < 4.78 is 16.9. The predicted octanol–water partition coefficient (Wildman–Crippen LogP) is 25.1. The molecule has 0 fully saturated rings. The van der Waals surface area contributed by atoms with Gasteiger partial charge in [0.1, 0.15) is 13.2 Å². The summed E-state index contributed by atoms with van der Waals surface area (Å²) in [6.07, 6.45) is 87.8. The van der Waals surface area contributed by atoms with E-state index in [4.69, 9.17) is 14.2 Å². The second kappa shape index (κ2) is 70.1. The Morgan fingerprint density at radius 3 is 0.691 bits per heavy atom. The zero-order valence-electron chi connectivity index (χ0n) is 54.8. The molecule has 0 rings (SSSR count). The summed E-state index contributed by atoms with van der Waals surface area (Å²) in [6.45, 7) is 6.67. The Morgan fingerprint density at radius 2 is 0.444 bits per heavy atom. The molecule has 0 aromatic rings. The highest BCUT2D eigenvalue weighted by Gasteiger charge is 2.19. The number of hydrogen-bond donors (Lipinski definition) is 0. The highest BCUT2D eigenvalue weighted by molar-refractivity contribution is 5.71. The van der Waals surface area contributed by atoms with Gasteiger partial charge in [-0.2, -0.15) is 0 Å². The van der Waals surface area contributed by atoms with Gasteiger partial charge in [0.25, 0.3) is 0 Å². The van der Waals surface area contributed by atoms with Crippen LogP contribution >= 0.6 is 0 Å². The number of allylic oxidation sites excluding steroid dienone is 6. The van der Waals surface area contributed by atoms with Crippen LogP contribution in [0.2, 0.25) is 0 Å². The number of ether oxygens (including phenoxy) is 3. The Hall–Kier alpha value is -2.37. The fourth-order valence-corrected chi connectivity index (χ4v) is 11.2. The molecule has 1 atom stereocenters. The fourth-order valence-electron chi connectivity index (χ4n) is 11.2. The molecule has 0 N–H and O–H groups in total. The normalized spacial score (nSPS) is 12.2. The van der Waals surface area contributed by atoms with Crippen LogP contribution in [0.5, 0.6) is 0 Å². The van der Waals surface area contributed by atoms with E-state index in [1.165, 1.54) is 295 Å². The molecule has 476 valence electrons. The van der Waals surface area contributed by atoms with Gasteiger partial charge in [-0.25, -0.2) is 0 Å². The molecular formula is C75H140O6. The molecule has 0 saturated carbocycles. The number of unbranched alkanes of at least 4 members (excludes halogenated alkanes) is 51. The van der Waals surface area contributed by atoms with E-state index < -0.39 is 6.10 Å². The highest BCUT2D eigenvalue weighted by Crippen LogP contribution is 2.19. The number of carbonyl (C=O) groups excluding carboxylic acids is 3. The fraction of sp³-hybridized carbons (Fsp3) is 0.880. The van der Waals surface area contributed by atoms with E-state index in [1.807, 2.05) is 0 Å². The van der Waals surface area contributed by atoms with Crippen LogP contribution in [0.1, 0.15) is 406 Å². The SMILES string of the molecule is CCCCCCC/C=C\C/C=C\C/C=C\CCCCCCCCCCCCCCCCCCC(=O)OCC(COC(=O)CCCCCCCCCC)OC(=O)CCCCCCCCCCCCCCCCCCCCCCCCCC. The minimum absolute atomic E-state index is 0.0656. The second-order valence-corrected chi connectivity index (χ2v) is 24.9. The lowest BCUT2D eigenvalue weighted by molar-refractivity contribution is -0.167. The van der Waals surface area contributed by atoms with Gasteiger partial charge < -0.3 is 14.2 Å². The van der Waals surface area contributed by atoms with Crippen molar-refractivity contribution in [1.82, 2.24) is 0 Å². The molecule has 0 bridgehead atoms. The first-order valence-corrected chi connectivity index (χ1v) is 36.5. The molecule has 0 saturated heterocycles. The van der Waals surface area contributed by atoms with Crippen molar-refractivity contribution in [3.63, 3.8) is 0 Å². The standard InChI is InChI=1S/C75H140O6/c1-4-7-10-13-16-19-21-23-25-27-29-31-33-35-36-37-38-39-40-41-43-44-46-48-50-52-54-56-59-62-65-68-74(77)80-71-72(70-79-73(76)67-64-61-58-18-15-12-9-6-3)81-75(78)69-66-63-60-57-55-53-51-49-47-45-42-34-32-30-28-26-24-22-20-17-14-11-8-5-2/h21,23,27,29,33,35,72H,4-20,22,24-26,28,30-32,34,36-71H2,1-3H3/b23-21-,29-27-,35-33-. The van der Waals surface area contributed by atoms with E-state index in [-0.39, 0.29) is 31.1 Å². The minimum atomic E-state index is -0.767. The molecule has 0 aliphatic carbocycles. The molecule has 1 unspecified atom stereocenters. The van der Waals surface area contributed by atoms with Crippen molar-refractivity contribution in [2.45, 2.75) is 412 Å². The van der Waals surface area contributed by atoms with Crippen LogP contribution in [0.4, 0.5) is 0 Å². The molecule has 6 nitrogen and oxygen atoms in total.